The number of ether oxygens (including phenoxy) is 2. The van der Waals surface area contributed by atoms with E-state index >= 15 is 0 Å². The Balaban J connectivity index is 1.78. The van der Waals surface area contributed by atoms with E-state index in [0.717, 1.165) is 30.6 Å². The van der Waals surface area contributed by atoms with Crippen LogP contribution >= 0.6 is 24.0 Å². The van der Waals surface area contributed by atoms with E-state index in [1.54, 1.807) is 0 Å². The summed E-state index contributed by atoms with van der Waals surface area (Å²) in [6, 6.07) is 7.90. The van der Waals surface area contributed by atoms with E-state index in [9.17, 15) is 4.79 Å². The lowest BCUT2D eigenvalue weighted by Crippen LogP contribution is -2.32. The lowest BCUT2D eigenvalue weighted by Gasteiger charge is -2.31. The summed E-state index contributed by atoms with van der Waals surface area (Å²) < 4.78 is 12.4. The van der Waals surface area contributed by atoms with Crippen LogP contribution in [0.2, 0.25) is 0 Å². The van der Waals surface area contributed by atoms with E-state index in [4.69, 9.17) is 21.7 Å². The Bertz CT molecular complexity index is 644. The second-order valence-corrected chi connectivity index (χ2v) is 7.30. The summed E-state index contributed by atoms with van der Waals surface area (Å²) >= 11 is 6.36. The van der Waals surface area contributed by atoms with Crippen LogP contribution in [0.3, 0.4) is 0 Å². The second-order valence-electron chi connectivity index (χ2n) is 5.59. The zero-order valence-corrected chi connectivity index (χ0v) is 14.5. The molecule has 6 heteroatoms. The molecular formula is C17H19NO3S2. The molecule has 2 aliphatic rings. The van der Waals surface area contributed by atoms with Gasteiger partial charge in [0, 0.05) is 11.5 Å². The van der Waals surface area contributed by atoms with Gasteiger partial charge in [-0.15, -0.1) is 0 Å². The van der Waals surface area contributed by atoms with Crippen molar-refractivity contribution in [3.8, 4) is 5.75 Å². The van der Waals surface area contributed by atoms with Gasteiger partial charge >= 0.3 is 0 Å². The Hall–Kier alpha value is -1.37. The average Bonchev–Trinajstić information content (AvgIpc) is 2.88. The molecule has 1 amide bonds. The van der Waals surface area contributed by atoms with Crippen LogP contribution in [0, 0.1) is 5.92 Å². The van der Waals surface area contributed by atoms with Gasteiger partial charge in [0.2, 0.25) is 6.29 Å². The number of carbonyl (C=O) groups is 1. The standard InChI is InChI=1S/C17H19NO3S2/c1-2-3-6-11(9-14-15(19)18-17(22)23-14)16-20-10-12-7-4-5-8-13(12)21-16/h4-5,7-9,11,16H,2-3,6,10H2,1H3,(H,18,19,22). The fourth-order valence-electron chi connectivity index (χ4n) is 2.65. The Kier molecular flexibility index (Phi) is 5.35. The van der Waals surface area contributed by atoms with Gasteiger partial charge in [0.15, 0.2) is 0 Å². The van der Waals surface area contributed by atoms with Crippen molar-refractivity contribution in [3.05, 3.63) is 40.8 Å². The number of para-hydroxylation sites is 1. The third kappa shape index (κ3) is 3.94. The van der Waals surface area contributed by atoms with Crippen molar-refractivity contribution in [1.29, 1.82) is 0 Å². The number of carbonyl (C=O) groups excluding carboxylic acids is 1. The molecule has 2 heterocycles. The minimum Gasteiger partial charge on any atom is -0.464 e. The molecule has 1 saturated heterocycles. The van der Waals surface area contributed by atoms with Crippen LogP contribution in [0.15, 0.2) is 35.2 Å². The first-order valence-corrected chi connectivity index (χ1v) is 9.01. The molecule has 0 saturated carbocycles. The zero-order valence-electron chi connectivity index (χ0n) is 12.9. The van der Waals surface area contributed by atoms with Crippen LogP contribution < -0.4 is 10.1 Å². The summed E-state index contributed by atoms with van der Waals surface area (Å²) in [4.78, 5) is 12.5. The van der Waals surface area contributed by atoms with Gasteiger partial charge in [-0.1, -0.05) is 68.0 Å². The van der Waals surface area contributed by atoms with Crippen molar-refractivity contribution in [2.45, 2.75) is 39.1 Å². The quantitative estimate of drug-likeness (QED) is 0.648. The zero-order chi connectivity index (χ0) is 16.2. The molecule has 2 unspecified atom stereocenters. The summed E-state index contributed by atoms with van der Waals surface area (Å²) in [6.45, 7) is 2.68. The smallest absolute Gasteiger partial charge is 0.263 e. The number of hydrogen-bond donors (Lipinski definition) is 1. The van der Waals surface area contributed by atoms with Crippen LogP contribution in [-0.2, 0) is 16.1 Å². The first kappa shape index (κ1) is 16.5. The number of benzene rings is 1. The Morgan fingerprint density at radius 3 is 3.04 bits per heavy atom. The molecule has 1 fully saturated rings. The molecule has 0 radical (unpaired) electrons. The van der Waals surface area contributed by atoms with Crippen LogP contribution in [-0.4, -0.2) is 16.5 Å². The Morgan fingerprint density at radius 1 is 1.48 bits per heavy atom. The minimum absolute atomic E-state index is 0.0254. The maximum absolute atomic E-state index is 11.9. The highest BCUT2D eigenvalue weighted by atomic mass is 32.2. The van der Waals surface area contributed by atoms with E-state index < -0.39 is 0 Å². The molecule has 2 aliphatic heterocycles. The number of amides is 1. The van der Waals surface area contributed by atoms with Crippen molar-refractivity contribution in [1.82, 2.24) is 5.32 Å². The molecule has 1 aromatic rings. The highest BCUT2D eigenvalue weighted by Gasteiger charge is 2.30. The van der Waals surface area contributed by atoms with Gasteiger partial charge in [0.25, 0.3) is 5.91 Å². The summed E-state index contributed by atoms with van der Waals surface area (Å²) in [6.07, 6.45) is 4.63. The molecular weight excluding hydrogens is 330 g/mol. The Labute approximate surface area is 145 Å². The molecule has 3 rings (SSSR count). The molecule has 0 aliphatic carbocycles. The van der Waals surface area contributed by atoms with E-state index in [-0.39, 0.29) is 18.1 Å². The molecule has 0 spiro atoms. The lowest BCUT2D eigenvalue weighted by molar-refractivity contribution is -0.132. The molecule has 0 bridgehead atoms. The highest BCUT2D eigenvalue weighted by molar-refractivity contribution is 8.26. The molecule has 122 valence electrons. The maximum atomic E-state index is 11.9. The molecule has 23 heavy (non-hydrogen) atoms. The maximum Gasteiger partial charge on any atom is 0.263 e. The number of thiocarbonyl (C=S) groups is 1. The van der Waals surface area contributed by atoms with Crippen LogP contribution in [0.25, 0.3) is 0 Å². The number of rotatable bonds is 5. The largest absolute Gasteiger partial charge is 0.464 e. The van der Waals surface area contributed by atoms with Gasteiger partial charge in [0.05, 0.1) is 11.5 Å². The van der Waals surface area contributed by atoms with Gasteiger partial charge in [-0.25, -0.2) is 0 Å². The number of hydrogen-bond acceptors (Lipinski definition) is 5. The summed E-state index contributed by atoms with van der Waals surface area (Å²) in [5.74, 6) is 0.762. The molecule has 1 N–H and O–H groups in total. The number of fused-ring (bicyclic) bond motifs is 1. The summed E-state index contributed by atoms with van der Waals surface area (Å²) in [7, 11) is 0. The van der Waals surface area contributed by atoms with Gasteiger partial charge in [-0.3, -0.25) is 4.79 Å². The predicted octanol–water partition coefficient (Wildman–Crippen LogP) is 3.76. The SMILES string of the molecule is CCCCC(C=C1SC(=S)NC1=O)C1OCc2ccccc2O1. The fourth-order valence-corrected chi connectivity index (χ4v) is 3.74. The predicted molar refractivity (Wildman–Crippen MR) is 95.1 cm³/mol. The second kappa shape index (κ2) is 7.47. The lowest BCUT2D eigenvalue weighted by atomic mass is 10.00. The third-order valence-corrected chi connectivity index (χ3v) is 5.05. The summed E-state index contributed by atoms with van der Waals surface area (Å²) in [5, 5.41) is 2.65. The third-order valence-electron chi connectivity index (χ3n) is 3.87. The Morgan fingerprint density at radius 2 is 2.30 bits per heavy atom. The normalized spacial score (nSPS) is 23.3. The summed E-state index contributed by atoms with van der Waals surface area (Å²) in [5.41, 5.74) is 1.06. The van der Waals surface area contributed by atoms with Gasteiger partial charge < -0.3 is 14.8 Å². The van der Waals surface area contributed by atoms with Gasteiger partial charge in [-0.05, 0) is 12.5 Å². The van der Waals surface area contributed by atoms with E-state index in [2.05, 4.69) is 12.2 Å². The van der Waals surface area contributed by atoms with E-state index in [1.165, 1.54) is 11.8 Å². The van der Waals surface area contributed by atoms with Crippen LogP contribution in [0.4, 0.5) is 0 Å². The molecule has 1 aromatic carbocycles. The van der Waals surface area contributed by atoms with Crippen LogP contribution in [0.5, 0.6) is 5.75 Å². The first-order valence-electron chi connectivity index (χ1n) is 7.78. The van der Waals surface area contributed by atoms with Crippen molar-refractivity contribution in [3.63, 3.8) is 0 Å². The van der Waals surface area contributed by atoms with Gasteiger partial charge in [0.1, 0.15) is 10.1 Å². The van der Waals surface area contributed by atoms with Crippen molar-refractivity contribution in [2.24, 2.45) is 5.92 Å². The molecule has 2 atom stereocenters. The molecule has 4 nitrogen and oxygen atoms in total. The van der Waals surface area contributed by atoms with Crippen molar-refractivity contribution < 1.29 is 14.3 Å². The monoisotopic (exact) mass is 349 g/mol. The number of thioether (sulfide) groups is 1. The van der Waals surface area contributed by atoms with E-state index in [0.29, 0.717) is 15.8 Å². The first-order chi connectivity index (χ1) is 11.2. The van der Waals surface area contributed by atoms with Gasteiger partial charge in [-0.2, -0.15) is 0 Å². The fraction of sp³-hybridized carbons (Fsp3) is 0.412. The highest BCUT2D eigenvalue weighted by Crippen LogP contribution is 2.33. The topological polar surface area (TPSA) is 47.6 Å². The minimum atomic E-state index is -0.369. The van der Waals surface area contributed by atoms with Crippen molar-refractivity contribution >= 4 is 34.2 Å². The van der Waals surface area contributed by atoms with Crippen LogP contribution in [0.1, 0.15) is 31.7 Å². The van der Waals surface area contributed by atoms with E-state index in [1.807, 2.05) is 30.3 Å². The number of unbranched alkanes of at least 4 members (excludes halogenated alkanes) is 1. The van der Waals surface area contributed by atoms with Crippen molar-refractivity contribution in [2.75, 3.05) is 0 Å². The number of nitrogens with one attached hydrogen (secondary N) is 1. The average molecular weight is 349 g/mol. The molecule has 0 aromatic heterocycles.